The highest BCUT2D eigenvalue weighted by Gasteiger charge is 2.42. The van der Waals surface area contributed by atoms with E-state index in [1.54, 1.807) is 7.11 Å². The Kier molecular flexibility index (Phi) is 5.66. The number of nitriles is 1. The summed E-state index contributed by atoms with van der Waals surface area (Å²) in [6.07, 6.45) is 9.93. The summed E-state index contributed by atoms with van der Waals surface area (Å²) < 4.78 is 5.26. The number of allylic oxidation sites excluding steroid dienone is 2. The molecule has 1 aromatic rings. The second-order valence-corrected chi connectivity index (χ2v) is 6.22. The van der Waals surface area contributed by atoms with E-state index in [-0.39, 0.29) is 0 Å². The highest BCUT2D eigenvalue weighted by molar-refractivity contribution is 5.38. The summed E-state index contributed by atoms with van der Waals surface area (Å²) in [6, 6.07) is 10.8. The van der Waals surface area contributed by atoms with Gasteiger partial charge in [-0.3, -0.25) is 0 Å². The highest BCUT2D eigenvalue weighted by Crippen LogP contribution is 2.45. The second kappa shape index (κ2) is 7.49. The topological polar surface area (TPSA) is 33.0 Å². The first-order chi connectivity index (χ1) is 10.7. The normalized spacial score (nSPS) is 21.6. The van der Waals surface area contributed by atoms with E-state index >= 15 is 0 Å². The molecule has 0 heterocycles. The average molecular weight is 297 g/mol. The van der Waals surface area contributed by atoms with Gasteiger partial charge >= 0.3 is 0 Å². The average Bonchev–Trinajstić information content (AvgIpc) is 2.60. The van der Waals surface area contributed by atoms with Gasteiger partial charge in [0.05, 0.1) is 18.6 Å². The highest BCUT2D eigenvalue weighted by atomic mass is 16.5. The first-order valence-electron chi connectivity index (χ1n) is 8.42. The van der Waals surface area contributed by atoms with Crippen molar-refractivity contribution in [1.82, 2.24) is 0 Å². The fraction of sp³-hybridized carbons (Fsp3) is 0.550. The molecule has 1 aromatic carbocycles. The zero-order valence-electron chi connectivity index (χ0n) is 14.0. The van der Waals surface area contributed by atoms with Crippen LogP contribution >= 0.6 is 0 Å². The van der Waals surface area contributed by atoms with Crippen molar-refractivity contribution in [3.05, 3.63) is 42.0 Å². The zero-order valence-corrected chi connectivity index (χ0v) is 14.0. The number of rotatable bonds is 6. The van der Waals surface area contributed by atoms with Gasteiger partial charge in [0.1, 0.15) is 5.75 Å². The molecule has 2 rings (SSSR count). The predicted molar refractivity (Wildman–Crippen MR) is 90.8 cm³/mol. The lowest BCUT2D eigenvalue weighted by Crippen LogP contribution is -2.38. The van der Waals surface area contributed by atoms with Crippen molar-refractivity contribution in [3.63, 3.8) is 0 Å². The van der Waals surface area contributed by atoms with Gasteiger partial charge in [-0.25, -0.2) is 0 Å². The third-order valence-electron chi connectivity index (χ3n) is 5.31. The van der Waals surface area contributed by atoms with Gasteiger partial charge in [0.25, 0.3) is 0 Å². The fourth-order valence-electron chi connectivity index (χ4n) is 4.06. The van der Waals surface area contributed by atoms with E-state index in [1.807, 2.05) is 12.1 Å². The largest absolute Gasteiger partial charge is 0.497 e. The number of benzene rings is 1. The van der Waals surface area contributed by atoms with Crippen LogP contribution in [0.25, 0.3) is 0 Å². The molecule has 1 aliphatic rings. The second-order valence-electron chi connectivity index (χ2n) is 6.22. The Balaban J connectivity index is 2.40. The number of hydrogen-bond donors (Lipinski definition) is 0. The van der Waals surface area contributed by atoms with E-state index in [0.29, 0.717) is 11.8 Å². The van der Waals surface area contributed by atoms with Crippen molar-refractivity contribution < 1.29 is 4.74 Å². The lowest BCUT2D eigenvalue weighted by Gasteiger charge is -2.40. The van der Waals surface area contributed by atoms with Crippen molar-refractivity contribution in [2.24, 2.45) is 11.8 Å². The molecule has 0 saturated carbocycles. The smallest absolute Gasteiger partial charge is 0.118 e. The molecule has 0 saturated heterocycles. The van der Waals surface area contributed by atoms with Gasteiger partial charge in [0, 0.05) is 0 Å². The van der Waals surface area contributed by atoms with Crippen LogP contribution in [0.5, 0.6) is 5.75 Å². The van der Waals surface area contributed by atoms with E-state index in [9.17, 15) is 5.26 Å². The molecule has 118 valence electrons. The minimum absolute atomic E-state index is 0.392. The van der Waals surface area contributed by atoms with E-state index < -0.39 is 5.41 Å². The van der Waals surface area contributed by atoms with Gasteiger partial charge < -0.3 is 4.74 Å². The van der Waals surface area contributed by atoms with Crippen molar-refractivity contribution >= 4 is 0 Å². The molecule has 2 nitrogen and oxygen atoms in total. The van der Waals surface area contributed by atoms with Crippen LogP contribution in [0.3, 0.4) is 0 Å². The molecule has 0 unspecified atom stereocenters. The lowest BCUT2D eigenvalue weighted by atomic mass is 9.62. The predicted octanol–water partition coefficient (Wildman–Crippen LogP) is 5.25. The Morgan fingerprint density at radius 2 is 2.00 bits per heavy atom. The van der Waals surface area contributed by atoms with Gasteiger partial charge in [-0.05, 0) is 55.2 Å². The maximum absolute atomic E-state index is 10.1. The Bertz CT molecular complexity index is 540. The summed E-state index contributed by atoms with van der Waals surface area (Å²) in [4.78, 5) is 0. The van der Waals surface area contributed by atoms with Gasteiger partial charge in [0.2, 0.25) is 0 Å². The van der Waals surface area contributed by atoms with E-state index in [4.69, 9.17) is 4.74 Å². The third-order valence-corrected chi connectivity index (χ3v) is 5.31. The number of hydrogen-bond acceptors (Lipinski definition) is 2. The fourth-order valence-corrected chi connectivity index (χ4v) is 4.06. The zero-order chi connectivity index (χ0) is 16.0. The molecule has 22 heavy (non-hydrogen) atoms. The van der Waals surface area contributed by atoms with Gasteiger partial charge in [-0.15, -0.1) is 0 Å². The van der Waals surface area contributed by atoms with Gasteiger partial charge in [-0.2, -0.15) is 5.26 Å². The Hall–Kier alpha value is -1.75. The Labute approximate surface area is 134 Å². The third kappa shape index (κ3) is 3.04. The van der Waals surface area contributed by atoms with E-state index in [2.05, 4.69) is 44.2 Å². The monoisotopic (exact) mass is 297 g/mol. The van der Waals surface area contributed by atoms with Crippen LogP contribution in [0.15, 0.2) is 36.4 Å². The van der Waals surface area contributed by atoms with Crippen LogP contribution in [0.4, 0.5) is 0 Å². The molecule has 0 radical (unpaired) electrons. The van der Waals surface area contributed by atoms with Crippen LogP contribution in [0, 0.1) is 23.2 Å². The first kappa shape index (κ1) is 16.6. The number of nitrogens with zero attached hydrogens (tertiary/aromatic N) is 1. The van der Waals surface area contributed by atoms with Crippen molar-refractivity contribution in [2.75, 3.05) is 7.11 Å². The summed E-state index contributed by atoms with van der Waals surface area (Å²) in [5, 5.41) is 10.1. The van der Waals surface area contributed by atoms with Gasteiger partial charge in [-0.1, -0.05) is 44.6 Å². The van der Waals surface area contributed by atoms with Crippen molar-refractivity contribution in [2.45, 2.75) is 51.4 Å². The maximum Gasteiger partial charge on any atom is 0.118 e. The first-order valence-corrected chi connectivity index (χ1v) is 8.42. The van der Waals surface area contributed by atoms with E-state index in [1.165, 1.54) is 6.42 Å². The van der Waals surface area contributed by atoms with Crippen LogP contribution in [0.2, 0.25) is 0 Å². The molecule has 2 heteroatoms. The molecule has 1 aliphatic carbocycles. The molecular formula is C20H27NO. The molecule has 0 bridgehead atoms. The summed E-state index contributed by atoms with van der Waals surface area (Å²) in [5.74, 6) is 1.86. The lowest BCUT2D eigenvalue weighted by molar-refractivity contribution is 0.201. The molecule has 0 fully saturated rings. The summed E-state index contributed by atoms with van der Waals surface area (Å²) in [6.45, 7) is 4.38. The SMILES string of the molecule is CC[C@@H]([C@@H]1CC=CCC1)[C@](C#N)(CC)c1ccc(OC)cc1. The van der Waals surface area contributed by atoms with Crippen molar-refractivity contribution in [3.8, 4) is 11.8 Å². The Morgan fingerprint density at radius 1 is 1.27 bits per heavy atom. The van der Waals surface area contributed by atoms with Crippen LogP contribution in [-0.2, 0) is 5.41 Å². The summed E-state index contributed by atoms with van der Waals surface area (Å²) in [5.41, 5.74) is 0.747. The van der Waals surface area contributed by atoms with Crippen LogP contribution in [-0.4, -0.2) is 7.11 Å². The number of ether oxygens (including phenoxy) is 1. The minimum Gasteiger partial charge on any atom is -0.497 e. The Morgan fingerprint density at radius 3 is 2.45 bits per heavy atom. The standard InChI is InChI=1S/C20H27NO/c1-4-19(16-9-7-6-8-10-16)20(5-2,15-21)17-11-13-18(22-3)14-12-17/h6-7,11-14,16,19H,4-5,8-10H2,1-3H3/t16-,19+,20+/m1/s1. The summed E-state index contributed by atoms with van der Waals surface area (Å²) in [7, 11) is 1.68. The van der Waals surface area contributed by atoms with Crippen LogP contribution in [0.1, 0.15) is 51.5 Å². The molecule has 0 aliphatic heterocycles. The molecule has 3 atom stereocenters. The molecule has 0 N–H and O–H groups in total. The molecule has 0 amide bonds. The van der Waals surface area contributed by atoms with E-state index in [0.717, 1.165) is 37.0 Å². The minimum atomic E-state index is -0.392. The van der Waals surface area contributed by atoms with Gasteiger partial charge in [0.15, 0.2) is 0 Å². The summed E-state index contributed by atoms with van der Waals surface area (Å²) >= 11 is 0. The van der Waals surface area contributed by atoms with Crippen molar-refractivity contribution in [1.29, 1.82) is 5.26 Å². The van der Waals surface area contributed by atoms with Crippen LogP contribution < -0.4 is 4.74 Å². The number of methoxy groups -OCH3 is 1. The molecule has 0 aromatic heterocycles. The quantitative estimate of drug-likeness (QED) is 0.672. The maximum atomic E-state index is 10.1. The molecule has 0 spiro atoms. The molecular weight excluding hydrogens is 270 g/mol.